The van der Waals surface area contributed by atoms with Gasteiger partial charge in [-0.3, -0.25) is 0 Å². The molecule has 0 N–H and O–H groups in total. The van der Waals surface area contributed by atoms with E-state index in [1.165, 1.54) is 268 Å². The summed E-state index contributed by atoms with van der Waals surface area (Å²) in [6.07, 6.45) is 59.9. The minimum Gasteiger partial charge on any atom is -0.358 e. The molecule has 0 radical (unpaired) electrons. The molecular weight excluding hydrogens is 1490 g/mol. The van der Waals surface area contributed by atoms with Crippen LogP contribution in [0.4, 0.5) is 0 Å². The summed E-state index contributed by atoms with van der Waals surface area (Å²) in [5, 5.41) is 0. The SMILES string of the molecule is C=C1CCC(CC)C1C.C=C1CCC2CC(CC)C(C)C12.C=C1CCC2CCC(CC)C(C)C12.C=C1CCC2C[C@@H]3CCCC[C@@H]3[C@H](C)C12.C=C1CCCC(CC)C1C.C=C1CCCC2CC(CC)C(C)C12.C=C1CCCC2CCC(CC)C(C)C12.C=C1CCCC2C[C@@H]3CCCC[C@@H]3[C@H](C)C12.[CH2-]C.[CH3-].[CH3-].[CH3-].[CH3-].[CH3-].[Y+3].[Y+3]. The monoisotopic (exact) mass is 1680 g/mol. The summed E-state index contributed by atoms with van der Waals surface area (Å²) < 4.78 is 0. The van der Waals surface area contributed by atoms with Gasteiger partial charge in [0.2, 0.25) is 0 Å². The van der Waals surface area contributed by atoms with Crippen molar-refractivity contribution in [3.63, 3.8) is 0 Å². The first kappa shape index (κ1) is 109. The maximum Gasteiger partial charge on any atom is 3.00 e. The van der Waals surface area contributed by atoms with E-state index in [9.17, 15) is 0 Å². The van der Waals surface area contributed by atoms with Crippen LogP contribution in [-0.4, -0.2) is 0 Å². The number of fused-ring (bicyclic) bond motifs is 8. The van der Waals surface area contributed by atoms with Gasteiger partial charge >= 0.3 is 65.4 Å². The molecule has 16 aliphatic carbocycles. The van der Waals surface area contributed by atoms with Crippen molar-refractivity contribution in [3.05, 3.63) is 141 Å². The van der Waals surface area contributed by atoms with Crippen molar-refractivity contribution in [3.8, 4) is 0 Å². The Hall–Kier alpha value is 0.128. The molecule has 0 aliphatic heterocycles. The normalized spacial score (nSPS) is 40.8. The fraction of sp³-hybridized carbons (Fsp3) is 0.798. The van der Waals surface area contributed by atoms with E-state index in [1.807, 2.05) is 0 Å². The van der Waals surface area contributed by atoms with Crippen LogP contribution in [0, 0.1) is 222 Å². The van der Waals surface area contributed by atoms with Gasteiger partial charge in [0, 0.05) is 0 Å². The van der Waals surface area contributed by atoms with E-state index in [1.54, 1.807) is 53.2 Å². The molecule has 24 unspecified atom stereocenters. The fourth-order valence-electron chi connectivity index (χ4n) is 28.9. The number of allylic oxidation sites excluding steroid dienone is 8. The third-order valence-corrected chi connectivity index (χ3v) is 35.3. The standard InChI is InChI=1S/C16H26.C15H24.C14H24.2C13H22.C12H20.C10H18.C9H16.C2H5.5CH3.2Y/c1-11-6-5-8-14-10-13-7-3-4-9-15(13)12(2)16(11)14;1-10-7-8-13-9-12-5-3-4-6-14(12)11(2)15(10)13;1-4-12-8-9-13-7-5-6-10(2)14(13)11(12)3;1-4-11-7-8-12-6-5-9(2)13(12)10(11)3;1-4-11-8-12-7-5-6-9(2)13(12)10(11)3;1-4-10-7-11-6-5-8(2)12(11)9(10)3;1-4-10-7-5-6-8(2)9(10)3;1-4-9-6-5-7(2)8(9)3;1-2;;;;;;;/h12-16H,1,3-10H2,2H3;11-15H,1,3-9H2,2H3;11-14H,2,4-9H2,1,3H3;2*10-13H,2,4-8H2,1,3H3;9-12H,2,4-7H2,1,3H3;9-10H,2,4-7H2,1,3H3;8-9H,2,4-6H2,1,3H3;1H2,2H3;5*1H3;;/q;;;;;;;;6*-1;2*+3/t12-,13-,14?,15+,16?;11-,12-,13?,14+,15?;;;;;;;;;;;;;;/m00............../s1. The van der Waals surface area contributed by atoms with Crippen LogP contribution in [0.15, 0.2) is 97.2 Å². The zero-order valence-corrected chi connectivity index (χ0v) is 84.2. The molecular formula is C109H192Y2. The van der Waals surface area contributed by atoms with Crippen LogP contribution in [-0.2, 0) is 65.4 Å². The average molecular weight is 1680 g/mol. The fourth-order valence-corrected chi connectivity index (χ4v) is 28.9. The molecule has 2 heteroatoms. The van der Waals surface area contributed by atoms with E-state index in [0.717, 1.165) is 178 Å². The van der Waals surface area contributed by atoms with Crippen molar-refractivity contribution in [1.29, 1.82) is 0 Å². The Morgan fingerprint density at radius 1 is 0.225 bits per heavy atom. The van der Waals surface area contributed by atoms with Gasteiger partial charge in [0.05, 0.1) is 0 Å². The van der Waals surface area contributed by atoms with Gasteiger partial charge in [-0.05, 0) is 370 Å². The summed E-state index contributed by atoms with van der Waals surface area (Å²) in [4.78, 5) is 0. The van der Waals surface area contributed by atoms with Gasteiger partial charge in [-0.25, -0.2) is 0 Å². The molecule has 16 rings (SSSR count). The van der Waals surface area contributed by atoms with E-state index in [2.05, 4.69) is 156 Å². The Bertz CT molecular complexity index is 2680. The largest absolute Gasteiger partial charge is 3.00 e. The number of hydrogen-bond donors (Lipinski definition) is 0. The molecule has 0 aromatic heterocycles. The molecule has 0 aromatic carbocycles. The van der Waals surface area contributed by atoms with E-state index >= 15 is 0 Å². The molecule has 0 saturated heterocycles. The van der Waals surface area contributed by atoms with Gasteiger partial charge in [-0.15, -0.1) is 0 Å². The van der Waals surface area contributed by atoms with Gasteiger partial charge < -0.3 is 44.1 Å². The molecule has 0 heterocycles. The molecule has 0 aromatic rings. The predicted octanol–water partition coefficient (Wildman–Crippen LogP) is 34.8. The molecule has 0 amide bonds. The number of hydrogen-bond acceptors (Lipinski definition) is 0. The molecule has 16 aliphatic rings. The maximum absolute atomic E-state index is 4.39. The summed E-state index contributed by atoms with van der Waals surface area (Å²) in [6, 6.07) is 0. The second-order valence-corrected chi connectivity index (χ2v) is 40.0. The summed E-state index contributed by atoms with van der Waals surface area (Å²) in [5.41, 5.74) is 12.4. The van der Waals surface area contributed by atoms with Crippen molar-refractivity contribution in [2.45, 2.75) is 374 Å². The first-order valence-corrected chi connectivity index (χ1v) is 47.1. The zero-order valence-electron chi connectivity index (χ0n) is 78.5. The molecule has 0 spiro atoms. The van der Waals surface area contributed by atoms with Crippen LogP contribution in [0.5, 0.6) is 0 Å². The summed E-state index contributed by atoms with van der Waals surface area (Å²) in [6.45, 7) is 72.4. The molecule has 111 heavy (non-hydrogen) atoms. The van der Waals surface area contributed by atoms with Crippen molar-refractivity contribution in [2.75, 3.05) is 0 Å². The van der Waals surface area contributed by atoms with Crippen LogP contribution in [0.25, 0.3) is 0 Å². The Morgan fingerprint density at radius 3 is 0.811 bits per heavy atom. The Balaban J connectivity index is 0.000000630. The second kappa shape index (κ2) is 53.8. The maximum atomic E-state index is 4.39. The van der Waals surface area contributed by atoms with E-state index in [0.29, 0.717) is 0 Å². The van der Waals surface area contributed by atoms with Crippen molar-refractivity contribution in [2.24, 2.45) is 178 Å². The third kappa shape index (κ3) is 27.6. The molecule has 0 bridgehead atoms. The van der Waals surface area contributed by atoms with Gasteiger partial charge in [-0.2, -0.15) is 6.92 Å². The van der Waals surface area contributed by atoms with Gasteiger partial charge in [0.15, 0.2) is 0 Å². The molecule has 634 valence electrons. The molecule has 30 atom stereocenters. The smallest absolute Gasteiger partial charge is 0.358 e. The van der Waals surface area contributed by atoms with Crippen molar-refractivity contribution < 1.29 is 65.4 Å². The summed E-state index contributed by atoms with van der Waals surface area (Å²) >= 11 is 0. The topological polar surface area (TPSA) is 0 Å². The minimum atomic E-state index is 0. The van der Waals surface area contributed by atoms with Crippen LogP contribution < -0.4 is 0 Å². The van der Waals surface area contributed by atoms with Gasteiger partial charge in [-0.1, -0.05) is 271 Å². The zero-order chi connectivity index (χ0) is 75.6. The van der Waals surface area contributed by atoms with E-state index in [-0.39, 0.29) is 103 Å². The average Bonchev–Trinajstić information content (AvgIpc) is 1.38. The van der Waals surface area contributed by atoms with Gasteiger partial charge in [0.25, 0.3) is 0 Å². The van der Waals surface area contributed by atoms with Crippen molar-refractivity contribution in [1.82, 2.24) is 0 Å². The second-order valence-electron chi connectivity index (χ2n) is 40.0. The minimum absolute atomic E-state index is 0. The Morgan fingerprint density at radius 2 is 0.468 bits per heavy atom. The molecule has 0 nitrogen and oxygen atoms in total. The Labute approximate surface area is 750 Å². The quantitative estimate of drug-likeness (QED) is 0.184. The Kier molecular flexibility index (Phi) is 52.9. The van der Waals surface area contributed by atoms with E-state index < -0.39 is 0 Å². The van der Waals surface area contributed by atoms with Crippen LogP contribution in [0.1, 0.15) is 374 Å². The van der Waals surface area contributed by atoms with Gasteiger partial charge in [0.1, 0.15) is 0 Å². The van der Waals surface area contributed by atoms with Crippen LogP contribution in [0.2, 0.25) is 0 Å². The van der Waals surface area contributed by atoms with Crippen LogP contribution >= 0.6 is 0 Å². The molecule has 16 fully saturated rings. The van der Waals surface area contributed by atoms with E-state index in [4.69, 9.17) is 0 Å². The number of rotatable bonds is 6. The predicted molar refractivity (Wildman–Crippen MR) is 494 cm³/mol. The summed E-state index contributed by atoms with van der Waals surface area (Å²) in [7, 11) is 0. The summed E-state index contributed by atoms with van der Waals surface area (Å²) in [5.74, 6) is 28.6. The first-order chi connectivity index (χ1) is 50.0. The van der Waals surface area contributed by atoms with Crippen molar-refractivity contribution >= 4 is 0 Å². The third-order valence-electron chi connectivity index (χ3n) is 35.3. The first-order valence-electron chi connectivity index (χ1n) is 47.1. The molecule has 16 saturated carbocycles. The van der Waals surface area contributed by atoms with Crippen LogP contribution in [0.3, 0.4) is 0 Å².